The molecule has 1 saturated heterocycles. The molecule has 2 aliphatic rings. The van der Waals surface area contributed by atoms with Crippen molar-refractivity contribution in [3.8, 4) is 11.5 Å². The summed E-state index contributed by atoms with van der Waals surface area (Å²) in [5.74, 6) is 0.571. The standard InChI is InChI=1S/C27H32N4O5/c1-4-29(12-13-32)10-11-30-25(34)27(2)16-21-20-15-19(36-3)8-9-22(20)28-23(21)24(31(27)26(30)35)17-6-5-7-18(33)14-17/h5-9,14-15,24,28,32-33H,4,10-13,16H2,1-3H3/t24-,27+/m1/s1. The molecule has 3 heterocycles. The monoisotopic (exact) mass is 492 g/mol. The quantitative estimate of drug-likeness (QED) is 0.417. The summed E-state index contributed by atoms with van der Waals surface area (Å²) >= 11 is 0. The van der Waals surface area contributed by atoms with Crippen molar-refractivity contribution < 1.29 is 24.5 Å². The van der Waals surface area contributed by atoms with E-state index in [2.05, 4.69) is 4.98 Å². The minimum atomic E-state index is -1.09. The Bertz CT molecular complexity index is 1320. The van der Waals surface area contributed by atoms with E-state index in [0.717, 1.165) is 27.7 Å². The molecule has 0 aliphatic carbocycles. The zero-order valence-electron chi connectivity index (χ0n) is 20.8. The van der Waals surface area contributed by atoms with Crippen LogP contribution in [0.5, 0.6) is 11.5 Å². The number of fused-ring (bicyclic) bond motifs is 4. The number of phenolic OH excluding ortho intramolecular Hbond substituents is 1. The Hall–Kier alpha value is -3.56. The average Bonchev–Trinajstić information content (AvgIpc) is 3.31. The van der Waals surface area contributed by atoms with Crippen molar-refractivity contribution in [2.24, 2.45) is 0 Å². The van der Waals surface area contributed by atoms with E-state index in [4.69, 9.17) is 4.74 Å². The number of ether oxygens (including phenoxy) is 1. The number of aromatic hydroxyl groups is 1. The van der Waals surface area contributed by atoms with Crippen molar-refractivity contribution in [3.05, 3.63) is 59.3 Å². The number of likely N-dealkylation sites (N-methyl/N-ethyl adjacent to an activating group) is 1. The van der Waals surface area contributed by atoms with E-state index < -0.39 is 11.6 Å². The Labute approximate surface area is 209 Å². The van der Waals surface area contributed by atoms with E-state index in [1.54, 1.807) is 30.2 Å². The van der Waals surface area contributed by atoms with E-state index in [1.807, 2.05) is 43.0 Å². The van der Waals surface area contributed by atoms with Crippen molar-refractivity contribution in [1.29, 1.82) is 0 Å². The molecule has 9 heteroatoms. The molecule has 3 amide bonds. The number of carbonyl (C=O) groups is 2. The van der Waals surface area contributed by atoms with Crippen LogP contribution in [0.15, 0.2) is 42.5 Å². The molecule has 2 aromatic carbocycles. The van der Waals surface area contributed by atoms with Crippen LogP contribution in [-0.4, -0.2) is 87.3 Å². The van der Waals surface area contributed by atoms with Crippen LogP contribution in [0.3, 0.4) is 0 Å². The molecule has 5 rings (SSSR count). The van der Waals surface area contributed by atoms with E-state index >= 15 is 0 Å². The first-order valence-corrected chi connectivity index (χ1v) is 12.3. The SMILES string of the molecule is CCN(CCO)CCN1C(=O)N2[C@H](c3cccc(O)c3)c3[nH]c4ccc(OC)cc4c3C[C@@]2(C)C1=O. The number of hydrogen-bond acceptors (Lipinski definition) is 6. The maximum Gasteiger partial charge on any atom is 0.328 e. The number of amides is 3. The van der Waals surface area contributed by atoms with Crippen molar-refractivity contribution in [3.63, 3.8) is 0 Å². The van der Waals surface area contributed by atoms with Gasteiger partial charge in [-0.1, -0.05) is 19.1 Å². The topological polar surface area (TPSA) is 109 Å². The summed E-state index contributed by atoms with van der Waals surface area (Å²) in [5, 5.41) is 20.5. The maximum atomic E-state index is 13.9. The van der Waals surface area contributed by atoms with Gasteiger partial charge in [-0.25, -0.2) is 4.79 Å². The lowest BCUT2D eigenvalue weighted by atomic mass is 9.81. The van der Waals surface area contributed by atoms with Crippen LogP contribution < -0.4 is 4.74 Å². The number of aliphatic hydroxyl groups excluding tert-OH is 1. The van der Waals surface area contributed by atoms with Crippen LogP contribution in [0.2, 0.25) is 0 Å². The number of urea groups is 1. The molecule has 0 unspecified atom stereocenters. The number of carbonyl (C=O) groups excluding carboxylic acids is 2. The number of aromatic amines is 1. The number of methoxy groups -OCH3 is 1. The predicted molar refractivity (Wildman–Crippen MR) is 135 cm³/mol. The molecule has 0 radical (unpaired) electrons. The van der Waals surface area contributed by atoms with Crippen molar-refractivity contribution in [1.82, 2.24) is 19.7 Å². The van der Waals surface area contributed by atoms with Crippen LogP contribution in [-0.2, 0) is 11.2 Å². The smallest absolute Gasteiger partial charge is 0.328 e. The molecule has 0 saturated carbocycles. The molecule has 2 atom stereocenters. The molecule has 3 N–H and O–H groups in total. The second-order valence-electron chi connectivity index (χ2n) is 9.64. The molecule has 1 aromatic heterocycles. The third-order valence-corrected chi connectivity index (χ3v) is 7.56. The van der Waals surface area contributed by atoms with Gasteiger partial charge in [-0.2, -0.15) is 0 Å². The summed E-state index contributed by atoms with van der Waals surface area (Å²) in [6.45, 7) is 5.76. The van der Waals surface area contributed by atoms with Gasteiger partial charge in [0.15, 0.2) is 0 Å². The molecule has 9 nitrogen and oxygen atoms in total. The Morgan fingerprint density at radius 1 is 1.19 bits per heavy atom. The molecule has 3 aromatic rings. The largest absolute Gasteiger partial charge is 0.508 e. The summed E-state index contributed by atoms with van der Waals surface area (Å²) in [4.78, 5) is 36.3. The highest BCUT2D eigenvalue weighted by molar-refractivity contribution is 6.08. The van der Waals surface area contributed by atoms with Gasteiger partial charge in [0.2, 0.25) is 0 Å². The highest BCUT2D eigenvalue weighted by atomic mass is 16.5. The average molecular weight is 493 g/mol. The second kappa shape index (κ2) is 9.15. The number of benzene rings is 2. The summed E-state index contributed by atoms with van der Waals surface area (Å²) in [6, 6.07) is 11.7. The highest BCUT2D eigenvalue weighted by Crippen LogP contribution is 2.49. The van der Waals surface area contributed by atoms with Gasteiger partial charge in [-0.05, 0) is 54.9 Å². The first kappa shape index (κ1) is 24.1. The fourth-order valence-corrected chi connectivity index (χ4v) is 5.67. The molecule has 1 fully saturated rings. The van der Waals surface area contributed by atoms with E-state index in [9.17, 15) is 19.8 Å². The van der Waals surface area contributed by atoms with Crippen molar-refractivity contribution in [2.75, 3.05) is 39.9 Å². The molecular weight excluding hydrogens is 460 g/mol. The zero-order valence-corrected chi connectivity index (χ0v) is 20.8. The maximum absolute atomic E-state index is 13.9. The number of rotatable bonds is 8. The number of H-pyrrole nitrogens is 1. The normalized spacial score (nSPS) is 21.4. The Kier molecular flexibility index (Phi) is 6.13. The first-order chi connectivity index (χ1) is 17.3. The highest BCUT2D eigenvalue weighted by Gasteiger charge is 2.60. The van der Waals surface area contributed by atoms with Gasteiger partial charge in [0.1, 0.15) is 23.1 Å². The van der Waals surface area contributed by atoms with Crippen LogP contribution in [0, 0.1) is 0 Å². The lowest BCUT2D eigenvalue weighted by molar-refractivity contribution is -0.133. The number of aliphatic hydroxyl groups is 1. The van der Waals surface area contributed by atoms with Gasteiger partial charge in [0.05, 0.1) is 13.7 Å². The number of imide groups is 1. The van der Waals surface area contributed by atoms with Gasteiger partial charge in [0.25, 0.3) is 5.91 Å². The number of phenols is 1. The number of hydrogen-bond donors (Lipinski definition) is 3. The first-order valence-electron chi connectivity index (χ1n) is 12.3. The van der Waals surface area contributed by atoms with Gasteiger partial charge in [0, 0.05) is 42.7 Å². The summed E-state index contributed by atoms with van der Waals surface area (Å²) in [7, 11) is 1.62. The molecule has 0 bridgehead atoms. The molecular formula is C27H32N4O5. The molecule has 36 heavy (non-hydrogen) atoms. The van der Waals surface area contributed by atoms with E-state index in [0.29, 0.717) is 31.8 Å². The predicted octanol–water partition coefficient (Wildman–Crippen LogP) is 2.86. The number of nitrogens with one attached hydrogen (secondary N) is 1. The molecule has 190 valence electrons. The number of aromatic nitrogens is 1. The van der Waals surface area contributed by atoms with Crippen LogP contribution >= 0.6 is 0 Å². The van der Waals surface area contributed by atoms with Crippen LogP contribution in [0.25, 0.3) is 10.9 Å². The fraction of sp³-hybridized carbons (Fsp3) is 0.407. The Balaban J connectivity index is 1.62. The van der Waals surface area contributed by atoms with E-state index in [-0.39, 0.29) is 30.8 Å². The molecule has 0 spiro atoms. The summed E-state index contributed by atoms with van der Waals surface area (Å²) < 4.78 is 5.45. The Morgan fingerprint density at radius 2 is 2.00 bits per heavy atom. The van der Waals surface area contributed by atoms with Crippen LogP contribution in [0.4, 0.5) is 4.79 Å². The lowest BCUT2D eigenvalue weighted by Crippen LogP contribution is -2.53. The lowest BCUT2D eigenvalue weighted by Gasteiger charge is -2.42. The summed E-state index contributed by atoms with van der Waals surface area (Å²) in [5.41, 5.74) is 2.33. The van der Waals surface area contributed by atoms with Gasteiger partial charge in [-0.15, -0.1) is 0 Å². The second-order valence-corrected chi connectivity index (χ2v) is 9.64. The minimum absolute atomic E-state index is 0.0182. The van der Waals surface area contributed by atoms with Gasteiger partial charge < -0.3 is 19.9 Å². The number of nitrogens with zero attached hydrogens (tertiary/aromatic N) is 3. The summed E-state index contributed by atoms with van der Waals surface area (Å²) in [6.07, 6.45) is 0.361. The van der Waals surface area contributed by atoms with Gasteiger partial charge in [-0.3, -0.25) is 19.5 Å². The van der Waals surface area contributed by atoms with Crippen molar-refractivity contribution >= 4 is 22.8 Å². The van der Waals surface area contributed by atoms with E-state index in [1.165, 1.54) is 4.90 Å². The zero-order chi connectivity index (χ0) is 25.6. The van der Waals surface area contributed by atoms with Crippen LogP contribution in [0.1, 0.15) is 36.7 Å². The fourth-order valence-electron chi connectivity index (χ4n) is 5.67. The third-order valence-electron chi connectivity index (χ3n) is 7.56. The third kappa shape index (κ3) is 3.70. The van der Waals surface area contributed by atoms with Crippen molar-refractivity contribution in [2.45, 2.75) is 31.8 Å². The van der Waals surface area contributed by atoms with Gasteiger partial charge >= 0.3 is 6.03 Å². The minimum Gasteiger partial charge on any atom is -0.508 e. The Morgan fingerprint density at radius 3 is 2.69 bits per heavy atom. The molecule has 2 aliphatic heterocycles.